The number of hydrogen-bond acceptors (Lipinski definition) is 3. The van der Waals surface area contributed by atoms with Crippen molar-refractivity contribution >= 4 is 28.8 Å². The Morgan fingerprint density at radius 1 is 1.35 bits per heavy atom. The van der Waals surface area contributed by atoms with Crippen LogP contribution in [0.1, 0.15) is 28.9 Å². The summed E-state index contributed by atoms with van der Waals surface area (Å²) in [6.07, 6.45) is 3.53. The van der Waals surface area contributed by atoms with Gasteiger partial charge in [-0.1, -0.05) is 11.6 Å². The first kappa shape index (κ1) is 11.5. The average Bonchev–Trinajstić information content (AvgIpc) is 2.84. The van der Waals surface area contributed by atoms with Crippen LogP contribution in [0, 0.1) is 0 Å². The molecule has 3 nitrogen and oxygen atoms in total. The lowest BCUT2D eigenvalue weighted by Crippen LogP contribution is -2.38. The summed E-state index contributed by atoms with van der Waals surface area (Å²) >= 11 is 7.24. The number of hydrogen-bond donors (Lipinski definition) is 1. The maximum absolute atomic E-state index is 12.3. The third kappa shape index (κ3) is 2.34. The number of nitrogens with one attached hydrogen (secondary N) is 1. The van der Waals surface area contributed by atoms with E-state index in [1.165, 1.54) is 24.2 Å². The standard InChI is InChI=1S/C12H15ClN2OS/c13-11-4-3-10(17-11)12(16)15-6-5-8-1-2-9(7-15)14-8/h3-4,8-9,14H,1-2,5-7H2/t8-,9+/m1/s1. The summed E-state index contributed by atoms with van der Waals surface area (Å²) in [6, 6.07) is 4.72. The first-order chi connectivity index (χ1) is 8.22. The molecule has 0 aromatic carbocycles. The van der Waals surface area contributed by atoms with Gasteiger partial charge in [-0.25, -0.2) is 0 Å². The molecule has 2 atom stereocenters. The van der Waals surface area contributed by atoms with E-state index in [9.17, 15) is 4.79 Å². The van der Waals surface area contributed by atoms with E-state index in [4.69, 9.17) is 11.6 Å². The Morgan fingerprint density at radius 2 is 2.18 bits per heavy atom. The molecule has 5 heteroatoms. The van der Waals surface area contributed by atoms with Crippen LogP contribution in [0.15, 0.2) is 12.1 Å². The number of nitrogens with zero attached hydrogens (tertiary/aromatic N) is 1. The number of carbonyl (C=O) groups excluding carboxylic acids is 1. The SMILES string of the molecule is O=C(c1ccc(Cl)s1)N1CC[C@H]2CC[C@@H](C1)N2. The summed E-state index contributed by atoms with van der Waals surface area (Å²) < 4.78 is 0.683. The number of amides is 1. The normalized spacial score (nSPS) is 28.2. The zero-order valence-electron chi connectivity index (χ0n) is 9.49. The van der Waals surface area contributed by atoms with E-state index in [2.05, 4.69) is 5.32 Å². The van der Waals surface area contributed by atoms with Crippen molar-refractivity contribution in [3.8, 4) is 0 Å². The Balaban J connectivity index is 1.73. The lowest BCUT2D eigenvalue weighted by atomic mass is 10.1. The van der Waals surface area contributed by atoms with E-state index >= 15 is 0 Å². The minimum Gasteiger partial charge on any atom is -0.336 e. The maximum Gasteiger partial charge on any atom is 0.264 e. The van der Waals surface area contributed by atoms with Crippen LogP contribution in [0.5, 0.6) is 0 Å². The first-order valence-electron chi connectivity index (χ1n) is 6.03. The molecule has 2 aliphatic rings. The second-order valence-corrected chi connectivity index (χ2v) is 6.50. The van der Waals surface area contributed by atoms with Crippen LogP contribution in [-0.4, -0.2) is 36.0 Å². The molecular formula is C12H15ClN2OS. The van der Waals surface area contributed by atoms with Crippen LogP contribution in [0.3, 0.4) is 0 Å². The Hall–Kier alpha value is -0.580. The van der Waals surface area contributed by atoms with Crippen LogP contribution >= 0.6 is 22.9 Å². The first-order valence-corrected chi connectivity index (χ1v) is 7.22. The van der Waals surface area contributed by atoms with Gasteiger partial charge < -0.3 is 10.2 Å². The van der Waals surface area contributed by atoms with Gasteiger partial charge in [0.2, 0.25) is 0 Å². The monoisotopic (exact) mass is 270 g/mol. The van der Waals surface area contributed by atoms with Gasteiger partial charge >= 0.3 is 0 Å². The summed E-state index contributed by atoms with van der Waals surface area (Å²) in [5.41, 5.74) is 0. The molecule has 1 aromatic heterocycles. The van der Waals surface area contributed by atoms with Crippen molar-refractivity contribution in [1.82, 2.24) is 10.2 Å². The minimum atomic E-state index is 0.135. The van der Waals surface area contributed by atoms with Crippen LogP contribution < -0.4 is 5.32 Å². The van der Waals surface area contributed by atoms with Crippen molar-refractivity contribution in [1.29, 1.82) is 0 Å². The largest absolute Gasteiger partial charge is 0.336 e. The quantitative estimate of drug-likeness (QED) is 0.850. The highest BCUT2D eigenvalue weighted by Gasteiger charge is 2.31. The van der Waals surface area contributed by atoms with Gasteiger partial charge in [0.05, 0.1) is 9.21 Å². The van der Waals surface area contributed by atoms with Crippen molar-refractivity contribution < 1.29 is 4.79 Å². The number of thiophene rings is 1. The molecule has 92 valence electrons. The number of carbonyl (C=O) groups is 1. The molecule has 1 N–H and O–H groups in total. The van der Waals surface area contributed by atoms with Gasteiger partial charge in [0.15, 0.2) is 0 Å². The van der Waals surface area contributed by atoms with Crippen molar-refractivity contribution in [2.24, 2.45) is 0 Å². The second-order valence-electron chi connectivity index (χ2n) is 4.78. The molecule has 2 fully saturated rings. The highest BCUT2D eigenvalue weighted by atomic mass is 35.5. The van der Waals surface area contributed by atoms with Gasteiger partial charge in [0.1, 0.15) is 0 Å². The summed E-state index contributed by atoms with van der Waals surface area (Å²) in [4.78, 5) is 15.0. The molecule has 17 heavy (non-hydrogen) atoms. The van der Waals surface area contributed by atoms with E-state index in [1.54, 1.807) is 6.07 Å². The van der Waals surface area contributed by atoms with Crippen molar-refractivity contribution in [3.63, 3.8) is 0 Å². The van der Waals surface area contributed by atoms with Crippen molar-refractivity contribution in [3.05, 3.63) is 21.3 Å². The molecular weight excluding hydrogens is 256 g/mol. The average molecular weight is 271 g/mol. The van der Waals surface area contributed by atoms with E-state index in [0.717, 1.165) is 24.4 Å². The summed E-state index contributed by atoms with van der Waals surface area (Å²) in [6.45, 7) is 1.70. The number of fused-ring (bicyclic) bond motifs is 2. The third-order valence-electron chi connectivity index (χ3n) is 3.59. The molecule has 0 unspecified atom stereocenters. The highest BCUT2D eigenvalue weighted by molar-refractivity contribution is 7.17. The van der Waals surface area contributed by atoms with E-state index in [0.29, 0.717) is 16.4 Å². The number of halogens is 1. The van der Waals surface area contributed by atoms with Crippen LogP contribution in [0.4, 0.5) is 0 Å². The van der Waals surface area contributed by atoms with E-state index in [-0.39, 0.29) is 5.91 Å². The fraction of sp³-hybridized carbons (Fsp3) is 0.583. The van der Waals surface area contributed by atoms with Gasteiger partial charge in [-0.05, 0) is 31.4 Å². The smallest absolute Gasteiger partial charge is 0.264 e. The lowest BCUT2D eigenvalue weighted by molar-refractivity contribution is 0.0753. The van der Waals surface area contributed by atoms with Gasteiger partial charge in [-0.2, -0.15) is 0 Å². The minimum absolute atomic E-state index is 0.135. The molecule has 0 aliphatic carbocycles. The van der Waals surface area contributed by atoms with Crippen molar-refractivity contribution in [2.75, 3.05) is 13.1 Å². The Morgan fingerprint density at radius 3 is 2.94 bits per heavy atom. The lowest BCUT2D eigenvalue weighted by Gasteiger charge is -2.23. The van der Waals surface area contributed by atoms with E-state index < -0.39 is 0 Å². The van der Waals surface area contributed by atoms with Gasteiger partial charge in [-0.3, -0.25) is 4.79 Å². The van der Waals surface area contributed by atoms with Gasteiger partial charge in [0.25, 0.3) is 5.91 Å². The maximum atomic E-state index is 12.3. The molecule has 1 aromatic rings. The summed E-state index contributed by atoms with van der Waals surface area (Å²) in [7, 11) is 0. The zero-order chi connectivity index (χ0) is 11.8. The molecule has 0 radical (unpaired) electrons. The fourth-order valence-corrected chi connectivity index (χ4v) is 3.72. The van der Waals surface area contributed by atoms with Crippen LogP contribution in [0.2, 0.25) is 4.34 Å². The topological polar surface area (TPSA) is 32.3 Å². The molecule has 1 amide bonds. The number of rotatable bonds is 1. The molecule has 2 saturated heterocycles. The van der Waals surface area contributed by atoms with Crippen LogP contribution in [-0.2, 0) is 0 Å². The predicted octanol–water partition coefficient (Wildman–Crippen LogP) is 2.37. The second kappa shape index (κ2) is 4.59. The Kier molecular flexibility index (Phi) is 3.11. The van der Waals surface area contributed by atoms with Gasteiger partial charge in [-0.15, -0.1) is 11.3 Å². The summed E-state index contributed by atoms with van der Waals surface area (Å²) in [5.74, 6) is 0.135. The fourth-order valence-electron chi connectivity index (χ4n) is 2.71. The van der Waals surface area contributed by atoms with Crippen molar-refractivity contribution in [2.45, 2.75) is 31.3 Å². The number of likely N-dealkylation sites (tertiary alicyclic amines) is 1. The molecule has 3 heterocycles. The third-order valence-corrected chi connectivity index (χ3v) is 4.81. The predicted molar refractivity (Wildman–Crippen MR) is 69.8 cm³/mol. The molecule has 2 aliphatic heterocycles. The van der Waals surface area contributed by atoms with E-state index in [1.807, 2.05) is 11.0 Å². The Bertz CT molecular complexity index is 434. The molecule has 3 rings (SSSR count). The molecule has 0 spiro atoms. The molecule has 0 saturated carbocycles. The van der Waals surface area contributed by atoms with Crippen LogP contribution in [0.25, 0.3) is 0 Å². The zero-order valence-corrected chi connectivity index (χ0v) is 11.1. The summed E-state index contributed by atoms with van der Waals surface area (Å²) in [5, 5.41) is 3.58. The molecule has 2 bridgehead atoms. The van der Waals surface area contributed by atoms with Gasteiger partial charge in [0, 0.05) is 25.2 Å². The Labute approximate surface area is 110 Å². The highest BCUT2D eigenvalue weighted by Crippen LogP contribution is 2.25.